The van der Waals surface area contributed by atoms with Crippen molar-refractivity contribution in [2.75, 3.05) is 24.5 Å². The van der Waals surface area contributed by atoms with Crippen molar-refractivity contribution in [2.24, 2.45) is 5.41 Å². The molecular weight excluding hydrogens is 300 g/mol. The number of benzene rings is 1. The van der Waals surface area contributed by atoms with Gasteiger partial charge in [0.1, 0.15) is 6.33 Å². The molecule has 1 atom stereocenters. The van der Waals surface area contributed by atoms with Gasteiger partial charge in [0, 0.05) is 19.6 Å². The number of likely N-dealkylation sites (tertiary alicyclic amines) is 1. The maximum absolute atomic E-state index is 13.1. The van der Waals surface area contributed by atoms with Crippen molar-refractivity contribution in [3.05, 3.63) is 54.6 Å². The van der Waals surface area contributed by atoms with Crippen molar-refractivity contribution in [2.45, 2.75) is 25.8 Å². The van der Waals surface area contributed by atoms with Crippen molar-refractivity contribution in [3.8, 4) is 0 Å². The summed E-state index contributed by atoms with van der Waals surface area (Å²) < 4.78 is 0. The Bertz CT molecular complexity index is 706. The molecule has 24 heavy (non-hydrogen) atoms. The van der Waals surface area contributed by atoms with E-state index in [0.717, 1.165) is 51.1 Å². The maximum Gasteiger partial charge on any atom is 0.234 e. The number of carbonyl (C=O) groups excluding carboxylic acids is 1. The van der Waals surface area contributed by atoms with Gasteiger partial charge in [-0.3, -0.25) is 9.69 Å². The zero-order valence-electron chi connectivity index (χ0n) is 13.8. The van der Waals surface area contributed by atoms with Gasteiger partial charge >= 0.3 is 0 Å². The lowest BCUT2D eigenvalue weighted by molar-refractivity contribution is -0.128. The summed E-state index contributed by atoms with van der Waals surface area (Å²) in [6.07, 6.45) is 7.95. The summed E-state index contributed by atoms with van der Waals surface area (Å²) in [5.41, 5.74) is 1.90. The van der Waals surface area contributed by atoms with Gasteiger partial charge in [-0.25, -0.2) is 9.97 Å². The highest BCUT2D eigenvalue weighted by atomic mass is 16.2. The number of hydrogen-bond donors (Lipinski definition) is 0. The predicted octanol–water partition coefficient (Wildman–Crippen LogP) is 2.50. The summed E-state index contributed by atoms with van der Waals surface area (Å²) in [6, 6.07) is 10.5. The van der Waals surface area contributed by atoms with Crippen LogP contribution >= 0.6 is 0 Å². The van der Waals surface area contributed by atoms with E-state index in [1.165, 1.54) is 11.9 Å². The fourth-order valence-electron chi connectivity index (χ4n) is 4.08. The summed E-state index contributed by atoms with van der Waals surface area (Å²) in [5.74, 6) is 0.245. The molecule has 0 N–H and O–H groups in total. The van der Waals surface area contributed by atoms with E-state index in [-0.39, 0.29) is 11.3 Å². The van der Waals surface area contributed by atoms with Crippen molar-refractivity contribution in [1.29, 1.82) is 0 Å². The molecule has 2 saturated heterocycles. The Morgan fingerprint density at radius 3 is 2.62 bits per heavy atom. The van der Waals surface area contributed by atoms with Crippen LogP contribution in [-0.4, -0.2) is 40.4 Å². The Morgan fingerprint density at radius 2 is 1.83 bits per heavy atom. The molecule has 2 aromatic rings. The van der Waals surface area contributed by atoms with Gasteiger partial charge in [-0.1, -0.05) is 30.3 Å². The normalized spacial score (nSPS) is 24.7. The third-order valence-corrected chi connectivity index (χ3v) is 5.28. The summed E-state index contributed by atoms with van der Waals surface area (Å²) in [5, 5.41) is 0. The molecule has 124 valence electrons. The maximum atomic E-state index is 13.1. The lowest BCUT2D eigenvalue weighted by Crippen LogP contribution is -2.47. The second-order valence-corrected chi connectivity index (χ2v) is 6.88. The van der Waals surface area contributed by atoms with E-state index >= 15 is 0 Å². The molecule has 0 aliphatic carbocycles. The Kier molecular flexibility index (Phi) is 4.02. The molecule has 0 radical (unpaired) electrons. The van der Waals surface area contributed by atoms with Crippen molar-refractivity contribution in [1.82, 2.24) is 14.9 Å². The van der Waals surface area contributed by atoms with Gasteiger partial charge in [-0.15, -0.1) is 0 Å². The lowest BCUT2D eigenvalue weighted by Gasteiger charge is -2.39. The molecule has 1 aromatic heterocycles. The lowest BCUT2D eigenvalue weighted by atomic mass is 9.78. The molecule has 2 aliphatic rings. The van der Waals surface area contributed by atoms with Gasteiger partial charge in [-0.05, 0) is 31.4 Å². The molecule has 1 spiro atoms. The van der Waals surface area contributed by atoms with E-state index in [1.807, 2.05) is 11.0 Å². The van der Waals surface area contributed by atoms with Gasteiger partial charge in [0.25, 0.3) is 0 Å². The molecule has 0 bridgehead atoms. The molecule has 5 heteroatoms. The van der Waals surface area contributed by atoms with E-state index < -0.39 is 0 Å². The first-order chi connectivity index (χ1) is 11.8. The first-order valence-electron chi connectivity index (χ1n) is 8.60. The number of rotatable bonds is 3. The number of carbonyl (C=O) groups is 1. The molecule has 0 saturated carbocycles. The van der Waals surface area contributed by atoms with Gasteiger partial charge in [0.15, 0.2) is 0 Å². The summed E-state index contributed by atoms with van der Waals surface area (Å²) in [4.78, 5) is 25.5. The van der Waals surface area contributed by atoms with Gasteiger partial charge in [0.05, 0.1) is 23.5 Å². The molecule has 2 aliphatic heterocycles. The smallest absolute Gasteiger partial charge is 0.234 e. The highest BCUT2D eigenvalue weighted by Gasteiger charge is 2.49. The van der Waals surface area contributed by atoms with Crippen LogP contribution in [0.3, 0.4) is 0 Å². The summed E-state index contributed by atoms with van der Waals surface area (Å²) >= 11 is 0. The SMILES string of the molecule is O=C1N(c2cncnc2)CC[C@@]12CCCN(Cc1ccccc1)C2. The van der Waals surface area contributed by atoms with Crippen molar-refractivity contribution < 1.29 is 4.79 Å². The van der Waals surface area contributed by atoms with Crippen LogP contribution in [0.1, 0.15) is 24.8 Å². The standard InChI is InChI=1S/C19H22N4O/c24-18-19(8-10-23(18)17-11-20-15-21-12-17)7-4-9-22(14-19)13-16-5-2-1-3-6-16/h1-3,5-6,11-12,15H,4,7-10,13-14H2/t19-/m1/s1. The number of amides is 1. The van der Waals surface area contributed by atoms with Crippen LogP contribution < -0.4 is 4.90 Å². The van der Waals surface area contributed by atoms with Crippen molar-refractivity contribution in [3.63, 3.8) is 0 Å². The summed E-state index contributed by atoms with van der Waals surface area (Å²) in [6.45, 7) is 3.61. The van der Waals surface area contributed by atoms with Crippen LogP contribution in [0, 0.1) is 5.41 Å². The van der Waals surface area contributed by atoms with Crippen LogP contribution in [0.5, 0.6) is 0 Å². The number of nitrogens with zero attached hydrogens (tertiary/aromatic N) is 4. The number of anilines is 1. The molecule has 5 nitrogen and oxygen atoms in total. The predicted molar refractivity (Wildman–Crippen MR) is 92.4 cm³/mol. The molecule has 3 heterocycles. The average molecular weight is 322 g/mol. The molecule has 0 unspecified atom stereocenters. The first kappa shape index (κ1) is 15.3. The highest BCUT2D eigenvalue weighted by molar-refractivity contribution is 5.99. The van der Waals surface area contributed by atoms with Crippen LogP contribution in [0.25, 0.3) is 0 Å². The number of hydrogen-bond acceptors (Lipinski definition) is 4. The van der Waals surface area contributed by atoms with E-state index in [0.29, 0.717) is 0 Å². The first-order valence-corrected chi connectivity index (χ1v) is 8.60. The van der Waals surface area contributed by atoms with Gasteiger partial charge in [-0.2, -0.15) is 0 Å². The van der Waals surface area contributed by atoms with Gasteiger partial charge < -0.3 is 4.90 Å². The highest BCUT2D eigenvalue weighted by Crippen LogP contribution is 2.41. The topological polar surface area (TPSA) is 49.3 Å². The Hall–Kier alpha value is -2.27. The second kappa shape index (κ2) is 6.32. The molecular formula is C19H22N4O. The average Bonchev–Trinajstić information content (AvgIpc) is 2.93. The third kappa shape index (κ3) is 2.80. The minimum Gasteiger partial charge on any atom is -0.309 e. The zero-order chi connectivity index (χ0) is 16.4. The Balaban J connectivity index is 1.50. The minimum absolute atomic E-state index is 0.233. The molecule has 1 amide bonds. The summed E-state index contributed by atoms with van der Waals surface area (Å²) in [7, 11) is 0. The number of aromatic nitrogens is 2. The fraction of sp³-hybridized carbons (Fsp3) is 0.421. The van der Waals surface area contributed by atoms with Crippen molar-refractivity contribution >= 4 is 11.6 Å². The van der Waals surface area contributed by atoms with E-state index in [4.69, 9.17) is 0 Å². The Morgan fingerprint density at radius 1 is 1.04 bits per heavy atom. The largest absolute Gasteiger partial charge is 0.309 e. The molecule has 1 aromatic carbocycles. The Labute approximate surface area is 142 Å². The third-order valence-electron chi connectivity index (χ3n) is 5.28. The van der Waals surface area contributed by atoms with E-state index in [9.17, 15) is 4.79 Å². The zero-order valence-corrected chi connectivity index (χ0v) is 13.8. The second-order valence-electron chi connectivity index (χ2n) is 6.88. The van der Waals surface area contributed by atoms with E-state index in [1.54, 1.807) is 12.4 Å². The van der Waals surface area contributed by atoms with Crippen LogP contribution in [0.4, 0.5) is 5.69 Å². The molecule has 2 fully saturated rings. The van der Waals surface area contributed by atoms with Crippen LogP contribution in [0.15, 0.2) is 49.1 Å². The van der Waals surface area contributed by atoms with Gasteiger partial charge in [0.2, 0.25) is 5.91 Å². The quantitative estimate of drug-likeness (QED) is 0.871. The van der Waals surface area contributed by atoms with Crippen LogP contribution in [0.2, 0.25) is 0 Å². The minimum atomic E-state index is -0.233. The molecule has 4 rings (SSSR count). The number of piperidine rings is 1. The monoisotopic (exact) mass is 322 g/mol. The van der Waals surface area contributed by atoms with Crippen LogP contribution in [-0.2, 0) is 11.3 Å². The fourth-order valence-corrected chi connectivity index (χ4v) is 4.08. The van der Waals surface area contributed by atoms with E-state index in [2.05, 4.69) is 39.1 Å².